The molecule has 0 radical (unpaired) electrons. The predicted octanol–water partition coefficient (Wildman–Crippen LogP) is 5.22. The minimum absolute atomic E-state index is 0.0821. The number of esters is 1. The van der Waals surface area contributed by atoms with Crippen LogP contribution in [0.25, 0.3) is 0 Å². The Morgan fingerprint density at radius 1 is 1.32 bits per heavy atom. The number of allylic oxidation sites excluding steroid dienone is 2. The Morgan fingerprint density at radius 3 is 2.68 bits per heavy atom. The third kappa shape index (κ3) is 4.83. The molecule has 0 fully saturated rings. The standard InChI is InChI=1S/C21H30O4/c1-13(2)17-10-9-14(3)7-6-8-15(4)11-16-12-18(21(23)24-5)20(25-16)19(17)22/h7,12-13,15,17H,6,8-11H2,1-5H3/b14-7+/t15-,17-/m0/s1. The van der Waals surface area contributed by atoms with E-state index in [1.54, 1.807) is 6.07 Å². The summed E-state index contributed by atoms with van der Waals surface area (Å²) in [6.45, 7) is 8.39. The zero-order valence-electron chi connectivity index (χ0n) is 16.1. The molecule has 0 spiro atoms. The van der Waals surface area contributed by atoms with Crippen molar-refractivity contribution in [2.45, 2.75) is 59.8 Å². The summed E-state index contributed by atoms with van der Waals surface area (Å²) in [5.74, 6) is 0.725. The van der Waals surface area contributed by atoms with Crippen molar-refractivity contribution in [2.24, 2.45) is 17.8 Å². The van der Waals surface area contributed by atoms with E-state index in [4.69, 9.17) is 9.15 Å². The molecule has 0 amide bonds. The van der Waals surface area contributed by atoms with Gasteiger partial charge >= 0.3 is 5.97 Å². The van der Waals surface area contributed by atoms with Gasteiger partial charge < -0.3 is 9.15 Å². The van der Waals surface area contributed by atoms with Crippen LogP contribution in [0.15, 0.2) is 22.1 Å². The number of ketones is 1. The summed E-state index contributed by atoms with van der Waals surface area (Å²) in [4.78, 5) is 25.3. The number of rotatable bonds is 2. The van der Waals surface area contributed by atoms with Crippen LogP contribution >= 0.6 is 0 Å². The number of hydrogen-bond donors (Lipinski definition) is 0. The molecule has 25 heavy (non-hydrogen) atoms. The van der Waals surface area contributed by atoms with E-state index in [0.717, 1.165) is 32.1 Å². The molecule has 0 unspecified atom stereocenters. The molecule has 0 aliphatic carbocycles. The monoisotopic (exact) mass is 346 g/mol. The normalized spacial score (nSPS) is 24.7. The van der Waals surface area contributed by atoms with Crippen LogP contribution in [-0.2, 0) is 11.2 Å². The van der Waals surface area contributed by atoms with Crippen molar-refractivity contribution in [1.29, 1.82) is 0 Å². The first kappa shape index (κ1) is 19.5. The Hall–Kier alpha value is -1.84. The predicted molar refractivity (Wildman–Crippen MR) is 97.8 cm³/mol. The molecule has 1 aromatic rings. The van der Waals surface area contributed by atoms with Crippen molar-refractivity contribution in [1.82, 2.24) is 0 Å². The third-order valence-corrected chi connectivity index (χ3v) is 5.11. The maximum atomic E-state index is 13.1. The maximum absolute atomic E-state index is 13.1. The molecule has 1 aliphatic heterocycles. The van der Waals surface area contributed by atoms with Crippen molar-refractivity contribution in [3.63, 3.8) is 0 Å². The molecule has 2 bridgehead atoms. The van der Waals surface area contributed by atoms with E-state index in [1.165, 1.54) is 12.7 Å². The van der Waals surface area contributed by atoms with Gasteiger partial charge in [-0.1, -0.05) is 32.4 Å². The fourth-order valence-corrected chi connectivity index (χ4v) is 3.47. The summed E-state index contributed by atoms with van der Waals surface area (Å²) in [6.07, 6.45) is 6.77. The molecule has 1 aromatic heterocycles. The lowest BCUT2D eigenvalue weighted by Crippen LogP contribution is -2.22. The lowest BCUT2D eigenvalue weighted by atomic mass is 9.84. The molecule has 138 valence electrons. The van der Waals surface area contributed by atoms with Gasteiger partial charge in [0.05, 0.1) is 7.11 Å². The van der Waals surface area contributed by atoms with E-state index in [0.29, 0.717) is 11.7 Å². The van der Waals surface area contributed by atoms with Gasteiger partial charge in [0, 0.05) is 12.3 Å². The summed E-state index contributed by atoms with van der Waals surface area (Å²) >= 11 is 0. The molecule has 2 rings (SSSR count). The molecule has 0 saturated carbocycles. The Balaban J connectivity index is 2.45. The first-order valence-corrected chi connectivity index (χ1v) is 9.24. The van der Waals surface area contributed by atoms with Crippen LogP contribution in [0.3, 0.4) is 0 Å². The van der Waals surface area contributed by atoms with Gasteiger partial charge in [-0.2, -0.15) is 0 Å². The Morgan fingerprint density at radius 2 is 2.04 bits per heavy atom. The molecule has 2 heterocycles. The average Bonchev–Trinajstić information content (AvgIpc) is 2.96. The van der Waals surface area contributed by atoms with Gasteiger partial charge in [0.25, 0.3) is 0 Å². The van der Waals surface area contributed by atoms with Crippen LogP contribution in [0.1, 0.15) is 80.1 Å². The van der Waals surface area contributed by atoms with Gasteiger partial charge in [0.1, 0.15) is 11.3 Å². The van der Waals surface area contributed by atoms with E-state index in [1.807, 2.05) is 13.8 Å². The fraction of sp³-hybridized carbons (Fsp3) is 0.619. The molecule has 4 heteroatoms. The second kappa shape index (κ2) is 8.50. The van der Waals surface area contributed by atoms with E-state index >= 15 is 0 Å². The number of Topliss-reactive ketones (excluding diaryl/α,β-unsaturated/α-hetero) is 1. The number of carbonyl (C=O) groups excluding carboxylic acids is 2. The minimum atomic E-state index is -0.503. The van der Waals surface area contributed by atoms with Crippen LogP contribution < -0.4 is 0 Å². The van der Waals surface area contributed by atoms with Crippen molar-refractivity contribution < 1.29 is 18.7 Å². The summed E-state index contributed by atoms with van der Waals surface area (Å²) in [7, 11) is 1.33. The van der Waals surface area contributed by atoms with Crippen molar-refractivity contribution >= 4 is 11.8 Å². The third-order valence-electron chi connectivity index (χ3n) is 5.11. The quantitative estimate of drug-likeness (QED) is 0.544. The summed E-state index contributed by atoms with van der Waals surface area (Å²) in [6, 6.07) is 1.69. The second-order valence-corrected chi connectivity index (χ2v) is 7.64. The first-order chi connectivity index (χ1) is 11.8. The highest BCUT2D eigenvalue weighted by Gasteiger charge is 2.31. The van der Waals surface area contributed by atoms with E-state index in [9.17, 15) is 9.59 Å². The number of methoxy groups -OCH3 is 1. The van der Waals surface area contributed by atoms with Crippen LogP contribution in [0.2, 0.25) is 0 Å². The van der Waals surface area contributed by atoms with E-state index < -0.39 is 5.97 Å². The van der Waals surface area contributed by atoms with Crippen molar-refractivity contribution in [2.75, 3.05) is 7.11 Å². The maximum Gasteiger partial charge on any atom is 0.341 e. The highest BCUT2D eigenvalue weighted by atomic mass is 16.5. The molecular formula is C21H30O4. The van der Waals surface area contributed by atoms with E-state index in [2.05, 4.69) is 19.9 Å². The molecule has 1 aliphatic rings. The fourth-order valence-electron chi connectivity index (χ4n) is 3.47. The summed E-state index contributed by atoms with van der Waals surface area (Å²) in [5.41, 5.74) is 1.60. The van der Waals surface area contributed by atoms with Crippen molar-refractivity contribution in [3.05, 3.63) is 34.8 Å². The number of furan rings is 1. The van der Waals surface area contributed by atoms with Crippen molar-refractivity contribution in [3.8, 4) is 0 Å². The van der Waals surface area contributed by atoms with Gasteiger partial charge in [-0.25, -0.2) is 4.79 Å². The highest BCUT2D eigenvalue weighted by Crippen LogP contribution is 2.30. The molecule has 4 nitrogen and oxygen atoms in total. The van der Waals surface area contributed by atoms with Gasteiger partial charge in [0.15, 0.2) is 5.76 Å². The first-order valence-electron chi connectivity index (χ1n) is 9.24. The Labute approximate surface area is 150 Å². The largest absolute Gasteiger partial charge is 0.465 e. The summed E-state index contributed by atoms with van der Waals surface area (Å²) < 4.78 is 10.7. The molecule has 2 atom stereocenters. The molecular weight excluding hydrogens is 316 g/mol. The highest BCUT2D eigenvalue weighted by molar-refractivity contribution is 6.05. The Kier molecular flexibility index (Phi) is 6.63. The van der Waals surface area contributed by atoms with E-state index in [-0.39, 0.29) is 28.9 Å². The van der Waals surface area contributed by atoms with Gasteiger partial charge in [-0.3, -0.25) is 4.79 Å². The zero-order chi connectivity index (χ0) is 18.6. The van der Waals surface area contributed by atoms with Crippen LogP contribution in [-0.4, -0.2) is 18.9 Å². The molecule has 0 aromatic carbocycles. The van der Waals surface area contributed by atoms with Crippen LogP contribution in [0.5, 0.6) is 0 Å². The minimum Gasteiger partial charge on any atom is -0.465 e. The number of fused-ring (bicyclic) bond motifs is 2. The van der Waals surface area contributed by atoms with Crippen LogP contribution in [0, 0.1) is 17.8 Å². The number of hydrogen-bond acceptors (Lipinski definition) is 4. The molecule has 0 N–H and O–H groups in total. The lowest BCUT2D eigenvalue weighted by Gasteiger charge is -2.19. The SMILES string of the molecule is COC(=O)c1cc2oc1C(=O)[C@H](C(C)C)CC/C(C)=C/CC[C@H](C)C2. The smallest absolute Gasteiger partial charge is 0.341 e. The zero-order valence-corrected chi connectivity index (χ0v) is 16.1. The number of carbonyl (C=O) groups is 2. The van der Waals surface area contributed by atoms with Crippen LogP contribution in [0.4, 0.5) is 0 Å². The topological polar surface area (TPSA) is 56.5 Å². The van der Waals surface area contributed by atoms with Gasteiger partial charge in [-0.05, 0) is 50.5 Å². The Bertz CT molecular complexity index is 651. The van der Waals surface area contributed by atoms with Gasteiger partial charge in [0.2, 0.25) is 5.78 Å². The number of ether oxygens (including phenoxy) is 1. The summed E-state index contributed by atoms with van der Waals surface area (Å²) in [5, 5.41) is 0. The molecule has 0 saturated heterocycles. The lowest BCUT2D eigenvalue weighted by molar-refractivity contribution is 0.0592. The van der Waals surface area contributed by atoms with Gasteiger partial charge in [-0.15, -0.1) is 0 Å². The average molecular weight is 346 g/mol. The second-order valence-electron chi connectivity index (χ2n) is 7.64.